The van der Waals surface area contributed by atoms with Crippen LogP contribution in [0, 0.1) is 6.92 Å². The minimum absolute atomic E-state index is 0.0462. The van der Waals surface area contributed by atoms with E-state index < -0.39 is 0 Å². The maximum atomic E-state index is 12.4. The molecule has 7 heteroatoms. The maximum Gasteiger partial charge on any atom is 0.226 e. The predicted molar refractivity (Wildman–Crippen MR) is 102 cm³/mol. The molecule has 0 saturated heterocycles. The number of fused-ring (bicyclic) bond motifs is 1. The third-order valence-electron chi connectivity index (χ3n) is 4.38. The standard InChI is InChI=1S/C19H19N5OS/c1-13(17-11-20-24(14(17)2)16-6-4-3-5-7-16)21-18(25)10-15-12-23-8-9-26-19(23)22-15/h3-9,11-13H,10H2,1-2H3,(H,21,25)/t13-/m0/s1. The summed E-state index contributed by atoms with van der Waals surface area (Å²) < 4.78 is 3.83. The van der Waals surface area contributed by atoms with Crippen LogP contribution in [0.5, 0.6) is 0 Å². The van der Waals surface area contributed by atoms with Gasteiger partial charge in [-0.2, -0.15) is 5.10 Å². The molecule has 0 fully saturated rings. The van der Waals surface area contributed by atoms with Crippen molar-refractivity contribution in [2.24, 2.45) is 0 Å². The van der Waals surface area contributed by atoms with Crippen molar-refractivity contribution < 1.29 is 4.79 Å². The van der Waals surface area contributed by atoms with Gasteiger partial charge in [-0.3, -0.25) is 9.20 Å². The Balaban J connectivity index is 1.46. The molecule has 1 atom stereocenters. The first kappa shape index (κ1) is 16.5. The average molecular weight is 365 g/mol. The minimum atomic E-state index is -0.122. The van der Waals surface area contributed by atoms with E-state index in [1.807, 2.05) is 77.2 Å². The fraction of sp³-hybridized carbons (Fsp3) is 0.211. The number of amides is 1. The number of hydrogen-bond donors (Lipinski definition) is 1. The SMILES string of the molecule is Cc1c([C@H](C)NC(=O)Cc2cn3ccsc3n2)cnn1-c1ccccc1. The smallest absolute Gasteiger partial charge is 0.226 e. The molecule has 4 aromatic rings. The highest BCUT2D eigenvalue weighted by atomic mass is 32.1. The van der Waals surface area contributed by atoms with Crippen LogP contribution in [0.25, 0.3) is 10.6 Å². The molecule has 0 unspecified atom stereocenters. The van der Waals surface area contributed by atoms with Crippen LogP contribution >= 0.6 is 11.3 Å². The van der Waals surface area contributed by atoms with Crippen molar-refractivity contribution >= 4 is 22.2 Å². The lowest BCUT2D eigenvalue weighted by Crippen LogP contribution is -2.28. The van der Waals surface area contributed by atoms with E-state index >= 15 is 0 Å². The molecular formula is C19H19N5OS. The lowest BCUT2D eigenvalue weighted by Gasteiger charge is -2.14. The lowest BCUT2D eigenvalue weighted by atomic mass is 10.1. The molecule has 6 nitrogen and oxygen atoms in total. The van der Waals surface area contributed by atoms with Gasteiger partial charge in [-0.15, -0.1) is 11.3 Å². The highest BCUT2D eigenvalue weighted by molar-refractivity contribution is 7.15. The van der Waals surface area contributed by atoms with E-state index in [9.17, 15) is 4.79 Å². The van der Waals surface area contributed by atoms with Crippen molar-refractivity contribution in [3.8, 4) is 5.69 Å². The molecule has 0 bridgehead atoms. The summed E-state index contributed by atoms with van der Waals surface area (Å²) in [6.45, 7) is 3.99. The number of imidazole rings is 1. The van der Waals surface area contributed by atoms with E-state index in [4.69, 9.17) is 0 Å². The molecule has 0 aliphatic carbocycles. The largest absolute Gasteiger partial charge is 0.349 e. The molecule has 0 aliphatic rings. The van der Waals surface area contributed by atoms with Crippen LogP contribution in [0.3, 0.4) is 0 Å². The molecule has 3 aromatic heterocycles. The van der Waals surface area contributed by atoms with Gasteiger partial charge in [0.05, 0.1) is 30.0 Å². The fourth-order valence-corrected chi connectivity index (χ4v) is 3.79. The highest BCUT2D eigenvalue weighted by Crippen LogP contribution is 2.20. The second kappa shape index (κ2) is 6.76. The number of carbonyl (C=O) groups is 1. The number of rotatable bonds is 5. The van der Waals surface area contributed by atoms with Gasteiger partial charge in [0.2, 0.25) is 5.91 Å². The van der Waals surface area contributed by atoms with Crippen molar-refractivity contribution in [3.63, 3.8) is 0 Å². The predicted octanol–water partition coefficient (Wildman–Crippen LogP) is 3.31. The molecule has 132 valence electrons. The molecular weight excluding hydrogens is 346 g/mol. The van der Waals surface area contributed by atoms with E-state index in [0.29, 0.717) is 0 Å². The quantitative estimate of drug-likeness (QED) is 0.590. The molecule has 0 aliphatic heterocycles. The first-order valence-electron chi connectivity index (χ1n) is 8.42. The summed E-state index contributed by atoms with van der Waals surface area (Å²) >= 11 is 1.56. The molecule has 0 radical (unpaired) electrons. The summed E-state index contributed by atoms with van der Waals surface area (Å²) in [7, 11) is 0. The molecule has 1 amide bonds. The van der Waals surface area contributed by atoms with Crippen LogP contribution in [0.4, 0.5) is 0 Å². The van der Waals surface area contributed by atoms with Crippen LogP contribution in [-0.4, -0.2) is 25.1 Å². The summed E-state index contributed by atoms with van der Waals surface area (Å²) in [6, 6.07) is 9.85. The van der Waals surface area contributed by atoms with Crippen molar-refractivity contribution in [1.29, 1.82) is 0 Å². The van der Waals surface area contributed by atoms with Gasteiger partial charge >= 0.3 is 0 Å². The Kier molecular flexibility index (Phi) is 4.30. The number of nitrogens with one attached hydrogen (secondary N) is 1. The second-order valence-corrected chi connectivity index (χ2v) is 7.10. The lowest BCUT2D eigenvalue weighted by molar-refractivity contribution is -0.121. The number of carbonyl (C=O) groups excluding carboxylic acids is 1. The van der Waals surface area contributed by atoms with Crippen molar-refractivity contribution in [2.45, 2.75) is 26.3 Å². The molecule has 0 saturated carbocycles. The Bertz CT molecular complexity index is 1020. The molecule has 0 spiro atoms. The van der Waals surface area contributed by atoms with Crippen LogP contribution < -0.4 is 5.32 Å². The summed E-state index contributed by atoms with van der Waals surface area (Å²) in [4.78, 5) is 17.8. The van der Waals surface area contributed by atoms with E-state index in [2.05, 4.69) is 15.4 Å². The minimum Gasteiger partial charge on any atom is -0.349 e. The summed E-state index contributed by atoms with van der Waals surface area (Å²) in [6.07, 6.45) is 5.93. The van der Waals surface area contributed by atoms with Gasteiger partial charge < -0.3 is 5.32 Å². The summed E-state index contributed by atoms with van der Waals surface area (Å²) in [5.41, 5.74) is 3.81. The third kappa shape index (κ3) is 3.13. The van der Waals surface area contributed by atoms with E-state index in [1.54, 1.807) is 11.3 Å². The van der Waals surface area contributed by atoms with Gasteiger partial charge in [-0.1, -0.05) is 18.2 Å². The average Bonchev–Trinajstić information content (AvgIpc) is 3.30. The molecule has 4 rings (SSSR count). The Morgan fingerprint density at radius 1 is 1.31 bits per heavy atom. The van der Waals surface area contributed by atoms with Gasteiger partial charge in [-0.25, -0.2) is 9.67 Å². The van der Waals surface area contributed by atoms with E-state index in [-0.39, 0.29) is 18.4 Å². The number of aromatic nitrogens is 4. The molecule has 1 N–H and O–H groups in total. The number of thiazole rings is 1. The van der Waals surface area contributed by atoms with Crippen LogP contribution in [0.2, 0.25) is 0 Å². The van der Waals surface area contributed by atoms with Crippen molar-refractivity contribution in [2.75, 3.05) is 0 Å². The van der Waals surface area contributed by atoms with Crippen molar-refractivity contribution in [3.05, 3.63) is 71.3 Å². The van der Waals surface area contributed by atoms with Gasteiger partial charge in [0.25, 0.3) is 0 Å². The maximum absolute atomic E-state index is 12.4. The Hall–Kier alpha value is -2.93. The number of para-hydroxylation sites is 1. The molecule has 26 heavy (non-hydrogen) atoms. The van der Waals surface area contributed by atoms with Gasteiger partial charge in [0.1, 0.15) is 0 Å². The summed E-state index contributed by atoms with van der Waals surface area (Å²) in [5, 5.41) is 9.49. The number of benzene rings is 1. The summed E-state index contributed by atoms with van der Waals surface area (Å²) in [5.74, 6) is -0.0462. The first-order valence-corrected chi connectivity index (χ1v) is 9.30. The Morgan fingerprint density at radius 2 is 2.12 bits per heavy atom. The monoisotopic (exact) mass is 365 g/mol. The van der Waals surface area contributed by atoms with Gasteiger partial charge in [-0.05, 0) is 26.0 Å². The highest BCUT2D eigenvalue weighted by Gasteiger charge is 2.17. The third-order valence-corrected chi connectivity index (χ3v) is 5.15. The van der Waals surface area contributed by atoms with Gasteiger partial charge in [0.15, 0.2) is 4.96 Å². The van der Waals surface area contributed by atoms with Crippen LogP contribution in [0.1, 0.15) is 29.9 Å². The zero-order valence-corrected chi connectivity index (χ0v) is 15.4. The zero-order chi connectivity index (χ0) is 18.1. The van der Waals surface area contributed by atoms with Crippen LogP contribution in [-0.2, 0) is 11.2 Å². The molecule has 1 aromatic carbocycles. The zero-order valence-electron chi connectivity index (χ0n) is 14.6. The van der Waals surface area contributed by atoms with Crippen molar-refractivity contribution in [1.82, 2.24) is 24.5 Å². The number of nitrogens with zero attached hydrogens (tertiary/aromatic N) is 4. The van der Waals surface area contributed by atoms with E-state index in [1.165, 1.54) is 0 Å². The van der Waals surface area contributed by atoms with E-state index in [0.717, 1.165) is 27.6 Å². The fourth-order valence-electron chi connectivity index (χ4n) is 3.07. The Morgan fingerprint density at radius 3 is 2.88 bits per heavy atom. The second-order valence-electron chi connectivity index (χ2n) is 6.22. The normalized spacial score (nSPS) is 12.4. The van der Waals surface area contributed by atoms with Crippen LogP contribution in [0.15, 0.2) is 54.3 Å². The number of hydrogen-bond acceptors (Lipinski definition) is 4. The first-order chi connectivity index (χ1) is 12.6. The Labute approximate surface area is 155 Å². The topological polar surface area (TPSA) is 64.2 Å². The van der Waals surface area contributed by atoms with Gasteiger partial charge in [0, 0.05) is 29.0 Å². The molecule has 3 heterocycles.